The van der Waals surface area contributed by atoms with Gasteiger partial charge in [0, 0.05) is 0 Å². The average molecular weight is 236 g/mol. The van der Waals surface area contributed by atoms with Crippen molar-refractivity contribution in [3.8, 4) is 0 Å². The minimum atomic E-state index is -3.83. The lowest BCUT2D eigenvalue weighted by atomic mass is 10.5. The van der Waals surface area contributed by atoms with Crippen molar-refractivity contribution in [3.63, 3.8) is 0 Å². The molecule has 0 atom stereocenters. The number of hydrogen-bond donors (Lipinski definition) is 2. The van der Waals surface area contributed by atoms with Crippen molar-refractivity contribution >= 4 is 21.9 Å². The maximum absolute atomic E-state index is 11.4. The van der Waals surface area contributed by atoms with Crippen molar-refractivity contribution in [1.82, 2.24) is 4.31 Å². The third-order valence-corrected chi connectivity index (χ3v) is 3.07. The molecule has 8 heteroatoms. The summed E-state index contributed by atoms with van der Waals surface area (Å²) in [6, 6.07) is 0. The predicted molar refractivity (Wildman–Crippen MR) is 52.4 cm³/mol. The zero-order valence-corrected chi connectivity index (χ0v) is 8.74. The molecule has 1 amide bonds. The smallest absolute Gasteiger partial charge is 0.318 e. The monoisotopic (exact) mass is 236 g/mol. The summed E-state index contributed by atoms with van der Waals surface area (Å²) >= 11 is 0. The van der Waals surface area contributed by atoms with Gasteiger partial charge < -0.3 is 10.8 Å². The summed E-state index contributed by atoms with van der Waals surface area (Å²) < 4.78 is 23.3. The summed E-state index contributed by atoms with van der Waals surface area (Å²) in [5.74, 6) is -2.71. The molecule has 0 unspecified atom stereocenters. The summed E-state index contributed by atoms with van der Waals surface area (Å²) in [5.41, 5.74) is 4.80. The summed E-state index contributed by atoms with van der Waals surface area (Å²) in [7, 11) is -3.83. The molecule has 7 nitrogen and oxygen atoms in total. The molecule has 86 valence electrons. The molecule has 3 N–H and O–H groups in total. The number of aliphatic carboxylic acids is 1. The van der Waals surface area contributed by atoms with Crippen LogP contribution in [0.3, 0.4) is 0 Å². The molecule has 0 heterocycles. The number of rotatable bonds is 7. The van der Waals surface area contributed by atoms with Crippen LogP contribution in [0, 0.1) is 0 Å². The molecule has 0 radical (unpaired) electrons. The number of nitrogens with two attached hydrogens (primary N) is 1. The van der Waals surface area contributed by atoms with Crippen molar-refractivity contribution < 1.29 is 23.1 Å². The Morgan fingerprint density at radius 1 is 1.40 bits per heavy atom. The van der Waals surface area contributed by atoms with E-state index in [2.05, 4.69) is 6.58 Å². The van der Waals surface area contributed by atoms with Gasteiger partial charge in [0.2, 0.25) is 15.9 Å². The van der Waals surface area contributed by atoms with Gasteiger partial charge in [-0.25, -0.2) is 8.42 Å². The van der Waals surface area contributed by atoms with Crippen molar-refractivity contribution in [2.24, 2.45) is 5.73 Å². The van der Waals surface area contributed by atoms with Gasteiger partial charge in [-0.15, -0.1) is 6.58 Å². The first kappa shape index (κ1) is 13.6. The molecule has 0 fully saturated rings. The molecule has 0 rings (SSSR count). The molecular formula is C7H12N2O5S. The van der Waals surface area contributed by atoms with Gasteiger partial charge >= 0.3 is 5.97 Å². The average Bonchev–Trinajstić information content (AvgIpc) is 2.00. The quantitative estimate of drug-likeness (QED) is 0.515. The molecule has 0 aliphatic carbocycles. The van der Waals surface area contributed by atoms with E-state index < -0.39 is 40.7 Å². The number of carbonyl (C=O) groups is 2. The van der Waals surface area contributed by atoms with Crippen LogP contribution in [-0.4, -0.2) is 48.5 Å². The second-order valence-electron chi connectivity index (χ2n) is 2.70. The van der Waals surface area contributed by atoms with Gasteiger partial charge in [-0.1, -0.05) is 6.08 Å². The molecule has 0 aromatic rings. The third kappa shape index (κ3) is 5.13. The van der Waals surface area contributed by atoms with Gasteiger partial charge in [0.1, 0.15) is 6.54 Å². The SMILES string of the molecule is C=CCS(=O)(=O)N(CC(N)=O)CC(=O)O. The Kier molecular flexibility index (Phi) is 4.95. The molecule has 0 aliphatic rings. The van der Waals surface area contributed by atoms with Crippen molar-refractivity contribution in [1.29, 1.82) is 0 Å². The Morgan fingerprint density at radius 3 is 2.27 bits per heavy atom. The van der Waals surface area contributed by atoms with Crippen LogP contribution in [0.15, 0.2) is 12.7 Å². The highest BCUT2D eigenvalue weighted by Gasteiger charge is 2.24. The largest absolute Gasteiger partial charge is 0.480 e. The van der Waals surface area contributed by atoms with Gasteiger partial charge in [0.15, 0.2) is 0 Å². The van der Waals surface area contributed by atoms with Crippen molar-refractivity contribution in [2.45, 2.75) is 0 Å². The fraction of sp³-hybridized carbons (Fsp3) is 0.429. The molecule has 0 bridgehead atoms. The van der Waals surface area contributed by atoms with Crippen molar-refractivity contribution in [2.75, 3.05) is 18.8 Å². The fourth-order valence-electron chi connectivity index (χ4n) is 0.832. The summed E-state index contributed by atoms with van der Waals surface area (Å²) in [4.78, 5) is 20.9. The fourth-order valence-corrected chi connectivity index (χ4v) is 1.97. The van der Waals surface area contributed by atoms with E-state index in [0.29, 0.717) is 4.31 Å². The topological polar surface area (TPSA) is 118 Å². The lowest BCUT2D eigenvalue weighted by Crippen LogP contribution is -2.42. The molecule has 0 aliphatic heterocycles. The van der Waals surface area contributed by atoms with Gasteiger partial charge in [-0.05, 0) is 0 Å². The number of carboxylic acid groups (broad SMARTS) is 1. The summed E-state index contributed by atoms with van der Waals surface area (Å²) in [6.07, 6.45) is 1.10. The number of carboxylic acids is 1. The minimum Gasteiger partial charge on any atom is -0.480 e. The van der Waals surface area contributed by atoms with Crippen LogP contribution < -0.4 is 5.73 Å². The number of carbonyl (C=O) groups excluding carboxylic acids is 1. The number of nitrogens with zero attached hydrogens (tertiary/aromatic N) is 1. The van der Waals surface area contributed by atoms with E-state index in [1.54, 1.807) is 0 Å². The normalized spacial score (nSPS) is 11.3. The van der Waals surface area contributed by atoms with E-state index in [1.165, 1.54) is 0 Å². The van der Waals surface area contributed by atoms with Gasteiger partial charge in [-0.3, -0.25) is 9.59 Å². The van der Waals surface area contributed by atoms with E-state index in [4.69, 9.17) is 10.8 Å². The summed E-state index contributed by atoms with van der Waals surface area (Å²) in [5, 5.41) is 8.44. The Morgan fingerprint density at radius 2 is 1.93 bits per heavy atom. The van der Waals surface area contributed by atoms with Crippen LogP contribution in [-0.2, 0) is 19.6 Å². The molecule has 0 saturated heterocycles. The van der Waals surface area contributed by atoms with Crippen LogP contribution in [0.5, 0.6) is 0 Å². The van der Waals surface area contributed by atoms with E-state index in [9.17, 15) is 18.0 Å². The molecule has 0 aromatic heterocycles. The number of amides is 1. The second kappa shape index (κ2) is 5.47. The Bertz CT molecular complexity index is 346. The molecule has 15 heavy (non-hydrogen) atoms. The highest BCUT2D eigenvalue weighted by atomic mass is 32.2. The number of hydrogen-bond acceptors (Lipinski definition) is 4. The van der Waals surface area contributed by atoms with E-state index in [0.717, 1.165) is 6.08 Å². The maximum Gasteiger partial charge on any atom is 0.318 e. The van der Waals surface area contributed by atoms with E-state index in [1.807, 2.05) is 0 Å². The molecule has 0 spiro atoms. The highest BCUT2D eigenvalue weighted by molar-refractivity contribution is 7.89. The Hall–Kier alpha value is -1.41. The van der Waals surface area contributed by atoms with Gasteiger partial charge in [0.25, 0.3) is 0 Å². The minimum absolute atomic E-state index is 0.437. The summed E-state index contributed by atoms with van der Waals surface area (Å²) in [6.45, 7) is 1.77. The molecule has 0 saturated carbocycles. The van der Waals surface area contributed by atoms with Crippen molar-refractivity contribution in [3.05, 3.63) is 12.7 Å². The first-order valence-corrected chi connectivity index (χ1v) is 5.49. The maximum atomic E-state index is 11.4. The molecular weight excluding hydrogens is 224 g/mol. The first-order valence-electron chi connectivity index (χ1n) is 3.88. The Labute approximate surface area is 87.2 Å². The first-order chi connectivity index (χ1) is 6.79. The number of sulfonamides is 1. The number of primary amides is 1. The van der Waals surface area contributed by atoms with E-state index in [-0.39, 0.29) is 0 Å². The lowest BCUT2D eigenvalue weighted by Gasteiger charge is -2.17. The second-order valence-corrected chi connectivity index (χ2v) is 4.71. The highest BCUT2D eigenvalue weighted by Crippen LogP contribution is 2.01. The third-order valence-electron chi connectivity index (χ3n) is 1.37. The van der Waals surface area contributed by atoms with Crippen LogP contribution in [0.4, 0.5) is 0 Å². The van der Waals surface area contributed by atoms with Crippen LogP contribution in [0.25, 0.3) is 0 Å². The van der Waals surface area contributed by atoms with Gasteiger partial charge in [-0.2, -0.15) is 4.31 Å². The zero-order chi connectivity index (χ0) is 12.1. The van der Waals surface area contributed by atoms with Gasteiger partial charge in [0.05, 0.1) is 12.3 Å². The Balaban J connectivity index is 4.83. The van der Waals surface area contributed by atoms with Crippen LogP contribution in [0.1, 0.15) is 0 Å². The van der Waals surface area contributed by atoms with Crippen LogP contribution in [0.2, 0.25) is 0 Å². The standard InChI is InChI=1S/C7H12N2O5S/c1-2-3-15(13,14)9(4-6(8)10)5-7(11)12/h2H,1,3-5H2,(H2,8,10)(H,11,12). The predicted octanol–water partition coefficient (Wildman–Crippen LogP) is -1.63. The molecule has 0 aromatic carbocycles. The van der Waals surface area contributed by atoms with Crippen LogP contribution >= 0.6 is 0 Å². The zero-order valence-electron chi connectivity index (χ0n) is 7.92. The van der Waals surface area contributed by atoms with E-state index >= 15 is 0 Å². The lowest BCUT2D eigenvalue weighted by molar-refractivity contribution is -0.137.